The highest BCUT2D eigenvalue weighted by atomic mass is 32.1. The first kappa shape index (κ1) is 22.0. The molecule has 4 rings (SSSR count). The molecule has 5 nitrogen and oxygen atoms in total. The van der Waals surface area contributed by atoms with E-state index < -0.39 is 0 Å². The van der Waals surface area contributed by atoms with Gasteiger partial charge in [0, 0.05) is 43.5 Å². The summed E-state index contributed by atoms with van der Waals surface area (Å²) in [5, 5.41) is 2.18. The first-order valence-electron chi connectivity index (χ1n) is 11.3. The van der Waals surface area contributed by atoms with E-state index in [2.05, 4.69) is 54.5 Å². The minimum Gasteiger partial charge on any atom is -0.339 e. The summed E-state index contributed by atoms with van der Waals surface area (Å²) in [7, 11) is 0. The van der Waals surface area contributed by atoms with Crippen LogP contribution in [0.4, 0.5) is 0 Å². The molecule has 0 aliphatic carbocycles. The Bertz CT molecular complexity index is 946. The Balaban J connectivity index is 1.53. The van der Waals surface area contributed by atoms with Crippen molar-refractivity contribution in [2.45, 2.75) is 46.2 Å². The molecule has 1 aromatic heterocycles. The topological polar surface area (TPSA) is 43.9 Å². The summed E-state index contributed by atoms with van der Waals surface area (Å²) in [4.78, 5) is 33.5. The lowest BCUT2D eigenvalue weighted by Gasteiger charge is -2.43. The van der Waals surface area contributed by atoms with Crippen molar-refractivity contribution in [3.05, 3.63) is 57.3 Å². The van der Waals surface area contributed by atoms with Crippen molar-refractivity contribution in [1.29, 1.82) is 0 Å². The van der Waals surface area contributed by atoms with Gasteiger partial charge in [-0.2, -0.15) is 0 Å². The quantitative estimate of drug-likeness (QED) is 0.729. The van der Waals surface area contributed by atoms with Crippen LogP contribution in [0.25, 0.3) is 0 Å². The third kappa shape index (κ3) is 4.28. The normalized spacial score (nSPS) is 20.6. The molecule has 6 heteroatoms. The van der Waals surface area contributed by atoms with E-state index in [0.717, 1.165) is 13.0 Å². The fourth-order valence-electron chi connectivity index (χ4n) is 4.91. The molecule has 166 valence electrons. The minimum absolute atomic E-state index is 0.00389. The molecular weight excluding hydrogens is 406 g/mol. The maximum Gasteiger partial charge on any atom is 0.239 e. The summed E-state index contributed by atoms with van der Waals surface area (Å²) in [6.07, 6.45) is 0.990. The molecule has 0 N–H and O–H groups in total. The molecule has 1 aromatic carbocycles. The Morgan fingerprint density at radius 1 is 0.903 bits per heavy atom. The Morgan fingerprint density at radius 2 is 1.55 bits per heavy atom. The van der Waals surface area contributed by atoms with Gasteiger partial charge in [0.05, 0.1) is 12.1 Å². The fraction of sp³-hybridized carbons (Fsp3) is 0.520. The van der Waals surface area contributed by atoms with Gasteiger partial charge in [0.25, 0.3) is 0 Å². The zero-order valence-electron chi connectivity index (χ0n) is 19.0. The highest BCUT2D eigenvalue weighted by Gasteiger charge is 2.38. The van der Waals surface area contributed by atoms with Crippen molar-refractivity contribution >= 4 is 23.2 Å². The summed E-state index contributed by atoms with van der Waals surface area (Å²) in [6.45, 7) is 11.5. The molecule has 0 bridgehead atoms. The van der Waals surface area contributed by atoms with E-state index in [4.69, 9.17) is 0 Å². The van der Waals surface area contributed by atoms with Gasteiger partial charge in [0.15, 0.2) is 0 Å². The second-order valence-electron chi connectivity index (χ2n) is 9.03. The summed E-state index contributed by atoms with van der Waals surface area (Å²) in [5.41, 5.74) is 3.89. The predicted octanol–water partition coefficient (Wildman–Crippen LogP) is 3.72. The van der Waals surface area contributed by atoms with Gasteiger partial charge in [-0.15, -0.1) is 11.3 Å². The van der Waals surface area contributed by atoms with Crippen molar-refractivity contribution in [3.8, 4) is 0 Å². The largest absolute Gasteiger partial charge is 0.339 e. The highest BCUT2D eigenvalue weighted by Crippen LogP contribution is 2.40. The average molecular weight is 440 g/mol. The lowest BCUT2D eigenvalue weighted by molar-refractivity contribution is -0.144. The van der Waals surface area contributed by atoms with Crippen LogP contribution in [0.2, 0.25) is 0 Å². The molecule has 2 aliphatic heterocycles. The van der Waals surface area contributed by atoms with Crippen molar-refractivity contribution in [3.63, 3.8) is 0 Å². The van der Waals surface area contributed by atoms with Crippen molar-refractivity contribution < 1.29 is 9.59 Å². The Kier molecular flexibility index (Phi) is 6.49. The van der Waals surface area contributed by atoms with Gasteiger partial charge in [-0.1, -0.05) is 38.1 Å². The molecule has 0 unspecified atom stereocenters. The number of hydrogen-bond acceptors (Lipinski definition) is 4. The number of carbonyl (C=O) groups is 2. The van der Waals surface area contributed by atoms with Crippen molar-refractivity contribution in [1.82, 2.24) is 14.7 Å². The third-order valence-electron chi connectivity index (χ3n) is 6.74. The number of fused-ring (bicyclic) bond motifs is 1. The van der Waals surface area contributed by atoms with Gasteiger partial charge < -0.3 is 9.80 Å². The second kappa shape index (κ2) is 9.13. The van der Waals surface area contributed by atoms with Crippen LogP contribution in [-0.4, -0.2) is 65.3 Å². The third-order valence-corrected chi connectivity index (χ3v) is 7.73. The van der Waals surface area contributed by atoms with E-state index >= 15 is 0 Å². The SMILES string of the molecule is Cc1ccccc1[C@@H]1c2ccsc2CCN1[C@H](C)C(=O)N1CCN(C(=O)C(C)C)CC1. The molecule has 0 spiro atoms. The van der Waals surface area contributed by atoms with Gasteiger partial charge in [-0.3, -0.25) is 14.5 Å². The van der Waals surface area contributed by atoms with Crippen LogP contribution >= 0.6 is 11.3 Å². The summed E-state index contributed by atoms with van der Waals surface area (Å²) < 4.78 is 0. The van der Waals surface area contributed by atoms with E-state index in [1.54, 1.807) is 0 Å². The summed E-state index contributed by atoms with van der Waals surface area (Å²) in [5.74, 6) is 0.360. The Labute approximate surface area is 189 Å². The molecule has 0 radical (unpaired) electrons. The van der Waals surface area contributed by atoms with Crippen LogP contribution in [0.3, 0.4) is 0 Å². The number of carbonyl (C=O) groups excluding carboxylic acids is 2. The highest BCUT2D eigenvalue weighted by molar-refractivity contribution is 7.10. The Morgan fingerprint density at radius 3 is 2.19 bits per heavy atom. The van der Waals surface area contributed by atoms with Gasteiger partial charge in [0.1, 0.15) is 0 Å². The monoisotopic (exact) mass is 439 g/mol. The first-order chi connectivity index (χ1) is 14.9. The van der Waals surface area contributed by atoms with E-state index in [0.29, 0.717) is 26.2 Å². The van der Waals surface area contributed by atoms with E-state index in [-0.39, 0.29) is 29.8 Å². The maximum atomic E-state index is 13.5. The van der Waals surface area contributed by atoms with E-state index in [1.165, 1.54) is 21.6 Å². The van der Waals surface area contributed by atoms with Crippen molar-refractivity contribution in [2.24, 2.45) is 5.92 Å². The molecule has 3 heterocycles. The first-order valence-corrected chi connectivity index (χ1v) is 12.2. The zero-order chi connectivity index (χ0) is 22.1. The summed E-state index contributed by atoms with van der Waals surface area (Å²) in [6, 6.07) is 10.7. The molecule has 1 fully saturated rings. The van der Waals surface area contributed by atoms with Gasteiger partial charge >= 0.3 is 0 Å². The molecule has 2 aromatic rings. The second-order valence-corrected chi connectivity index (χ2v) is 10.0. The standard InChI is InChI=1S/C25H33N3O2S/c1-17(2)24(29)26-12-14-27(15-13-26)25(30)19(4)28-11-9-22-21(10-16-31-22)23(28)20-8-6-5-7-18(20)3/h5-8,10,16-17,19,23H,9,11-15H2,1-4H3/t19-,23-/m1/s1. The van der Waals surface area contributed by atoms with Crippen LogP contribution < -0.4 is 0 Å². The molecule has 2 amide bonds. The zero-order valence-corrected chi connectivity index (χ0v) is 19.8. The van der Waals surface area contributed by atoms with Crippen LogP contribution in [0, 0.1) is 12.8 Å². The number of thiophene rings is 1. The maximum absolute atomic E-state index is 13.5. The molecule has 2 aliphatic rings. The van der Waals surface area contributed by atoms with Gasteiger partial charge in [-0.25, -0.2) is 0 Å². The van der Waals surface area contributed by atoms with Gasteiger partial charge in [0.2, 0.25) is 11.8 Å². The molecule has 1 saturated heterocycles. The molecule has 31 heavy (non-hydrogen) atoms. The predicted molar refractivity (Wildman–Crippen MR) is 125 cm³/mol. The summed E-state index contributed by atoms with van der Waals surface area (Å²) >= 11 is 1.83. The number of nitrogens with zero attached hydrogens (tertiary/aromatic N) is 3. The van der Waals surface area contributed by atoms with Crippen LogP contribution in [0.15, 0.2) is 35.7 Å². The Hall–Kier alpha value is -2.18. The lowest BCUT2D eigenvalue weighted by Crippen LogP contribution is -2.56. The van der Waals surface area contributed by atoms with E-state index in [9.17, 15) is 9.59 Å². The van der Waals surface area contributed by atoms with Crippen LogP contribution in [0.1, 0.15) is 48.4 Å². The minimum atomic E-state index is -0.204. The van der Waals surface area contributed by atoms with E-state index in [1.807, 2.05) is 35.0 Å². The van der Waals surface area contributed by atoms with Crippen LogP contribution in [0.5, 0.6) is 0 Å². The van der Waals surface area contributed by atoms with Gasteiger partial charge in [-0.05, 0) is 48.4 Å². The number of rotatable bonds is 4. The average Bonchev–Trinajstić information content (AvgIpc) is 3.26. The number of benzene rings is 1. The van der Waals surface area contributed by atoms with Crippen LogP contribution in [-0.2, 0) is 16.0 Å². The molecule has 2 atom stereocenters. The lowest BCUT2D eigenvalue weighted by atomic mass is 9.89. The smallest absolute Gasteiger partial charge is 0.239 e. The number of aryl methyl sites for hydroxylation is 1. The number of piperazine rings is 1. The molecule has 0 saturated carbocycles. The molecular formula is C25H33N3O2S. The fourth-order valence-corrected chi connectivity index (χ4v) is 5.82. The number of hydrogen-bond donors (Lipinski definition) is 0. The number of amides is 2. The van der Waals surface area contributed by atoms with Crippen molar-refractivity contribution in [2.75, 3.05) is 32.7 Å².